The molecular weight excluding hydrogens is 216 g/mol. The van der Waals surface area contributed by atoms with Gasteiger partial charge >= 0.3 is 0 Å². The van der Waals surface area contributed by atoms with Gasteiger partial charge in [0.05, 0.1) is 6.04 Å². The minimum absolute atomic E-state index is 0.116. The maximum atomic E-state index is 11.6. The fourth-order valence-corrected chi connectivity index (χ4v) is 2.12. The van der Waals surface area contributed by atoms with Gasteiger partial charge in [-0.15, -0.1) is 0 Å². The predicted molar refractivity (Wildman–Crippen MR) is 65.9 cm³/mol. The van der Waals surface area contributed by atoms with E-state index in [9.17, 15) is 4.79 Å². The molecule has 0 bridgehead atoms. The lowest BCUT2D eigenvalue weighted by Gasteiger charge is -2.21. The molecular formula is C13H16N2O2. The van der Waals surface area contributed by atoms with Gasteiger partial charge in [-0.2, -0.15) is 0 Å². The van der Waals surface area contributed by atoms with E-state index in [4.69, 9.17) is 4.42 Å². The lowest BCUT2D eigenvalue weighted by atomic mass is 10.0. The quantitative estimate of drug-likeness (QED) is 0.814. The molecule has 1 atom stereocenters. The summed E-state index contributed by atoms with van der Waals surface area (Å²) >= 11 is 0. The number of aryl methyl sites for hydroxylation is 1. The van der Waals surface area contributed by atoms with E-state index in [-0.39, 0.29) is 11.8 Å². The predicted octanol–water partition coefficient (Wildman–Crippen LogP) is 2.33. The SMILES string of the molecule is CC(=O)C(c1ccc2nc(C)oc2c1)N(C)C. The molecule has 1 unspecified atom stereocenters. The lowest BCUT2D eigenvalue weighted by Crippen LogP contribution is -2.25. The highest BCUT2D eigenvalue weighted by atomic mass is 16.3. The second-order valence-electron chi connectivity index (χ2n) is 4.44. The highest BCUT2D eigenvalue weighted by molar-refractivity contribution is 5.84. The van der Waals surface area contributed by atoms with E-state index in [1.165, 1.54) is 0 Å². The molecule has 1 aromatic carbocycles. The van der Waals surface area contributed by atoms with Crippen molar-refractivity contribution in [3.63, 3.8) is 0 Å². The molecule has 0 spiro atoms. The average Bonchev–Trinajstić information content (AvgIpc) is 2.56. The Balaban J connectivity index is 2.50. The zero-order chi connectivity index (χ0) is 12.6. The number of ketones is 1. The summed E-state index contributed by atoms with van der Waals surface area (Å²) in [5.41, 5.74) is 2.49. The van der Waals surface area contributed by atoms with Crippen LogP contribution in [-0.4, -0.2) is 29.8 Å². The van der Waals surface area contributed by atoms with Crippen LogP contribution in [0.4, 0.5) is 0 Å². The number of likely N-dealkylation sites (N-methyl/N-ethyl adjacent to an activating group) is 1. The fraction of sp³-hybridized carbons (Fsp3) is 0.385. The smallest absolute Gasteiger partial charge is 0.192 e. The molecule has 1 aromatic heterocycles. The minimum atomic E-state index is -0.232. The van der Waals surface area contributed by atoms with Gasteiger partial charge in [0.15, 0.2) is 17.3 Å². The van der Waals surface area contributed by atoms with Crippen molar-refractivity contribution in [1.29, 1.82) is 0 Å². The third kappa shape index (κ3) is 2.22. The Morgan fingerprint density at radius 1 is 1.41 bits per heavy atom. The molecule has 0 saturated carbocycles. The molecule has 0 amide bonds. The van der Waals surface area contributed by atoms with Gasteiger partial charge < -0.3 is 4.42 Å². The molecule has 17 heavy (non-hydrogen) atoms. The Morgan fingerprint density at radius 2 is 2.12 bits per heavy atom. The molecule has 4 nitrogen and oxygen atoms in total. The van der Waals surface area contributed by atoms with Crippen LogP contribution in [-0.2, 0) is 4.79 Å². The Hall–Kier alpha value is -1.68. The normalized spacial score (nSPS) is 13.2. The van der Waals surface area contributed by atoms with Crippen LogP contribution in [0.25, 0.3) is 11.1 Å². The van der Waals surface area contributed by atoms with Crippen LogP contribution in [0.3, 0.4) is 0 Å². The lowest BCUT2D eigenvalue weighted by molar-refractivity contribution is -0.121. The summed E-state index contributed by atoms with van der Waals surface area (Å²) in [4.78, 5) is 17.8. The first kappa shape index (κ1) is 11.8. The number of oxazole rings is 1. The first-order valence-corrected chi connectivity index (χ1v) is 5.53. The first-order valence-electron chi connectivity index (χ1n) is 5.53. The van der Waals surface area contributed by atoms with Crippen molar-refractivity contribution in [2.75, 3.05) is 14.1 Å². The van der Waals surface area contributed by atoms with Crippen molar-refractivity contribution in [2.45, 2.75) is 19.9 Å². The third-order valence-electron chi connectivity index (χ3n) is 2.74. The van der Waals surface area contributed by atoms with Crippen molar-refractivity contribution in [3.8, 4) is 0 Å². The van der Waals surface area contributed by atoms with Crippen molar-refractivity contribution in [1.82, 2.24) is 9.88 Å². The van der Waals surface area contributed by atoms with Gasteiger partial charge in [0, 0.05) is 6.92 Å². The van der Waals surface area contributed by atoms with E-state index >= 15 is 0 Å². The maximum absolute atomic E-state index is 11.6. The van der Waals surface area contributed by atoms with Gasteiger partial charge in [0.25, 0.3) is 0 Å². The van der Waals surface area contributed by atoms with Crippen molar-refractivity contribution in [3.05, 3.63) is 29.7 Å². The van der Waals surface area contributed by atoms with Crippen LogP contribution < -0.4 is 0 Å². The van der Waals surface area contributed by atoms with Gasteiger partial charge in [0.2, 0.25) is 0 Å². The zero-order valence-corrected chi connectivity index (χ0v) is 10.5. The maximum Gasteiger partial charge on any atom is 0.192 e. The first-order chi connectivity index (χ1) is 7.99. The van der Waals surface area contributed by atoms with Crippen molar-refractivity contribution < 1.29 is 9.21 Å². The number of Topliss-reactive ketones (excluding diaryl/α,β-unsaturated/α-hetero) is 1. The summed E-state index contributed by atoms with van der Waals surface area (Å²) in [6.07, 6.45) is 0. The minimum Gasteiger partial charge on any atom is -0.441 e. The van der Waals surface area contributed by atoms with Gasteiger partial charge in [-0.25, -0.2) is 4.98 Å². The Labute approximate surface area is 100 Å². The Kier molecular flexibility index (Phi) is 2.98. The number of carbonyl (C=O) groups is 1. The van der Waals surface area contributed by atoms with E-state index in [2.05, 4.69) is 4.98 Å². The number of aromatic nitrogens is 1. The fourth-order valence-electron chi connectivity index (χ4n) is 2.12. The van der Waals surface area contributed by atoms with E-state index < -0.39 is 0 Å². The summed E-state index contributed by atoms with van der Waals surface area (Å²) in [5, 5.41) is 0. The van der Waals surface area contributed by atoms with Gasteiger partial charge in [-0.1, -0.05) is 6.07 Å². The number of hydrogen-bond acceptors (Lipinski definition) is 4. The Morgan fingerprint density at radius 3 is 2.71 bits per heavy atom. The third-order valence-corrected chi connectivity index (χ3v) is 2.74. The zero-order valence-electron chi connectivity index (χ0n) is 10.5. The monoisotopic (exact) mass is 232 g/mol. The molecule has 2 rings (SSSR count). The largest absolute Gasteiger partial charge is 0.441 e. The number of benzene rings is 1. The second kappa shape index (κ2) is 4.30. The van der Waals surface area contributed by atoms with E-state index in [1.54, 1.807) is 6.92 Å². The van der Waals surface area contributed by atoms with Crippen LogP contribution in [0, 0.1) is 6.92 Å². The van der Waals surface area contributed by atoms with Gasteiger partial charge in [-0.05, 0) is 38.7 Å². The number of rotatable bonds is 3. The van der Waals surface area contributed by atoms with Crippen LogP contribution in [0.2, 0.25) is 0 Å². The molecule has 0 aliphatic heterocycles. The van der Waals surface area contributed by atoms with Crippen LogP contribution >= 0.6 is 0 Å². The van der Waals surface area contributed by atoms with Crippen LogP contribution in [0.5, 0.6) is 0 Å². The summed E-state index contributed by atoms with van der Waals surface area (Å²) in [5.74, 6) is 0.756. The van der Waals surface area contributed by atoms with Gasteiger partial charge in [-0.3, -0.25) is 9.69 Å². The number of hydrogen-bond donors (Lipinski definition) is 0. The molecule has 2 aromatic rings. The van der Waals surface area contributed by atoms with Crippen molar-refractivity contribution >= 4 is 16.9 Å². The molecule has 0 saturated heterocycles. The number of carbonyl (C=O) groups excluding carboxylic acids is 1. The van der Waals surface area contributed by atoms with E-state index in [0.29, 0.717) is 5.89 Å². The molecule has 90 valence electrons. The Bertz CT molecular complexity index is 558. The van der Waals surface area contributed by atoms with E-state index in [1.807, 2.05) is 44.1 Å². The molecule has 0 N–H and O–H groups in total. The summed E-state index contributed by atoms with van der Waals surface area (Å²) in [7, 11) is 3.78. The molecule has 1 heterocycles. The topological polar surface area (TPSA) is 46.3 Å². The van der Waals surface area contributed by atoms with Gasteiger partial charge in [0.1, 0.15) is 5.52 Å². The van der Waals surface area contributed by atoms with Crippen LogP contribution in [0.1, 0.15) is 24.4 Å². The van der Waals surface area contributed by atoms with Crippen molar-refractivity contribution in [2.24, 2.45) is 0 Å². The highest BCUT2D eigenvalue weighted by Crippen LogP contribution is 2.24. The highest BCUT2D eigenvalue weighted by Gasteiger charge is 2.19. The summed E-state index contributed by atoms with van der Waals surface area (Å²) < 4.78 is 5.48. The molecule has 0 aliphatic rings. The summed E-state index contributed by atoms with van der Waals surface area (Å²) in [6.45, 7) is 3.41. The number of nitrogens with zero attached hydrogens (tertiary/aromatic N) is 2. The molecule has 0 fully saturated rings. The number of fused-ring (bicyclic) bond motifs is 1. The van der Waals surface area contributed by atoms with E-state index in [0.717, 1.165) is 16.7 Å². The molecule has 0 radical (unpaired) electrons. The second-order valence-corrected chi connectivity index (χ2v) is 4.44. The average molecular weight is 232 g/mol. The summed E-state index contributed by atoms with van der Waals surface area (Å²) in [6, 6.07) is 5.48. The van der Waals surface area contributed by atoms with Crippen LogP contribution in [0.15, 0.2) is 22.6 Å². The standard InChI is InChI=1S/C13H16N2O2/c1-8(16)13(15(3)4)10-5-6-11-12(7-10)17-9(2)14-11/h5-7,13H,1-4H3. The molecule has 4 heteroatoms. The molecule has 0 aliphatic carbocycles.